The monoisotopic (exact) mass is 496 g/mol. The largest absolute Gasteiger partial charge is 0.388 e. The zero-order valence-corrected chi connectivity index (χ0v) is 20.1. The number of halogens is 2. The molecule has 0 saturated carbocycles. The zero-order valence-electron chi connectivity index (χ0n) is 19.2. The second-order valence-electron chi connectivity index (χ2n) is 8.68. The van der Waals surface area contributed by atoms with Crippen molar-refractivity contribution in [1.82, 2.24) is 19.8 Å². The van der Waals surface area contributed by atoms with Crippen LogP contribution in [-0.2, 0) is 18.8 Å². The Kier molecular flexibility index (Phi) is 8.74. The van der Waals surface area contributed by atoms with E-state index in [9.17, 15) is 32.8 Å². The van der Waals surface area contributed by atoms with Gasteiger partial charge in [-0.15, -0.1) is 0 Å². The first-order valence-corrected chi connectivity index (χ1v) is 12.9. The van der Waals surface area contributed by atoms with Crippen molar-refractivity contribution in [2.24, 2.45) is 0 Å². The summed E-state index contributed by atoms with van der Waals surface area (Å²) in [7, 11) is -0.236. The number of carbonyl (C=O) groups is 1. The van der Waals surface area contributed by atoms with Gasteiger partial charge in [0.2, 0.25) is 5.91 Å². The van der Waals surface area contributed by atoms with Gasteiger partial charge < -0.3 is 29.4 Å². The Labute approximate surface area is 189 Å². The Bertz CT molecular complexity index is 1010. The third-order valence-electron chi connectivity index (χ3n) is 5.26. The predicted octanol–water partition coefficient (Wildman–Crippen LogP) is -0.228. The Balaban J connectivity index is 2.27. The van der Waals surface area contributed by atoms with Crippen LogP contribution in [0.15, 0.2) is 15.8 Å². The molecule has 0 bridgehead atoms. The third kappa shape index (κ3) is 6.80. The van der Waals surface area contributed by atoms with Crippen molar-refractivity contribution in [2.75, 3.05) is 47.1 Å². The summed E-state index contributed by atoms with van der Waals surface area (Å²) in [4.78, 5) is 40.0. The molecule has 1 amide bonds. The first-order valence-electron chi connectivity index (χ1n) is 10.3. The topological polar surface area (TPSA) is 143 Å². The lowest BCUT2D eigenvalue weighted by Crippen LogP contribution is -2.42. The maximum atomic E-state index is 14.4. The standard InChI is InChI=1S/C19H31F2N4O7P/c1-11-9-25(18(29)23-16(11)28)17-15(31-10-13(26)22-6-7-24(2)3)14(27)12(32-17)8-19(20,21)33(4,5)30/h9,12,14-15,17,27H,6-8,10H2,1-5H3,(H,22,26)(H,23,28,29)/t12-,14-,15-,17-/m1/s1. The molecule has 0 aliphatic carbocycles. The van der Waals surface area contributed by atoms with Gasteiger partial charge in [0, 0.05) is 31.3 Å². The molecule has 1 aromatic heterocycles. The molecule has 1 fully saturated rings. The van der Waals surface area contributed by atoms with Crippen molar-refractivity contribution in [3.05, 3.63) is 32.6 Å². The number of H-pyrrole nitrogens is 1. The Morgan fingerprint density at radius 3 is 2.61 bits per heavy atom. The van der Waals surface area contributed by atoms with Gasteiger partial charge in [-0.25, -0.2) is 4.79 Å². The molecule has 0 spiro atoms. The van der Waals surface area contributed by atoms with Crippen molar-refractivity contribution in [3.63, 3.8) is 0 Å². The molecule has 1 saturated heterocycles. The molecular formula is C19H31F2N4O7P. The van der Waals surface area contributed by atoms with Crippen molar-refractivity contribution < 1.29 is 32.7 Å². The maximum Gasteiger partial charge on any atom is 0.330 e. The predicted molar refractivity (Wildman–Crippen MR) is 116 cm³/mol. The molecule has 0 unspecified atom stereocenters. The summed E-state index contributed by atoms with van der Waals surface area (Å²) in [6.07, 6.45) is -5.94. The van der Waals surface area contributed by atoms with Crippen LogP contribution in [0.2, 0.25) is 0 Å². The van der Waals surface area contributed by atoms with E-state index < -0.39 is 67.5 Å². The van der Waals surface area contributed by atoms with E-state index in [1.54, 1.807) is 0 Å². The molecule has 0 radical (unpaired) electrons. The number of alkyl halides is 2. The number of amides is 1. The number of aryl methyl sites for hydroxylation is 1. The van der Waals surface area contributed by atoms with Crippen molar-refractivity contribution >= 4 is 13.0 Å². The van der Waals surface area contributed by atoms with E-state index in [1.165, 1.54) is 6.92 Å². The van der Waals surface area contributed by atoms with E-state index in [0.717, 1.165) is 24.1 Å². The molecule has 14 heteroatoms. The van der Waals surface area contributed by atoms with Gasteiger partial charge in [0.15, 0.2) is 6.23 Å². The highest BCUT2D eigenvalue weighted by Gasteiger charge is 2.53. The van der Waals surface area contributed by atoms with Crippen LogP contribution in [0.3, 0.4) is 0 Å². The van der Waals surface area contributed by atoms with Crippen LogP contribution in [-0.4, -0.2) is 96.6 Å². The van der Waals surface area contributed by atoms with E-state index in [0.29, 0.717) is 13.1 Å². The first-order chi connectivity index (χ1) is 15.1. The second kappa shape index (κ2) is 10.6. The molecule has 2 rings (SSSR count). The minimum absolute atomic E-state index is 0.133. The van der Waals surface area contributed by atoms with Crippen LogP contribution in [0.5, 0.6) is 0 Å². The number of nitrogens with one attached hydrogen (secondary N) is 2. The molecule has 3 N–H and O–H groups in total. The molecule has 0 aromatic carbocycles. The lowest BCUT2D eigenvalue weighted by atomic mass is 10.1. The minimum atomic E-state index is -3.88. The van der Waals surface area contributed by atoms with Gasteiger partial charge in [0.1, 0.15) is 26.0 Å². The van der Waals surface area contributed by atoms with Crippen LogP contribution in [0.1, 0.15) is 18.2 Å². The Morgan fingerprint density at radius 1 is 1.39 bits per heavy atom. The quantitative estimate of drug-likeness (QED) is 0.377. The first kappa shape index (κ1) is 27.3. The number of hydrogen-bond donors (Lipinski definition) is 3. The van der Waals surface area contributed by atoms with Crippen LogP contribution >= 0.6 is 7.14 Å². The second-order valence-corrected chi connectivity index (χ2v) is 12.0. The number of likely N-dealkylation sites (N-methyl/N-ethyl adjacent to an activating group) is 1. The molecule has 1 aliphatic rings. The summed E-state index contributed by atoms with van der Waals surface area (Å²) in [5, 5.41) is 13.3. The smallest absolute Gasteiger partial charge is 0.330 e. The van der Waals surface area contributed by atoms with Gasteiger partial charge in [-0.05, 0) is 34.3 Å². The highest BCUT2D eigenvalue weighted by molar-refractivity contribution is 7.63. The summed E-state index contributed by atoms with van der Waals surface area (Å²) in [6.45, 7) is 3.64. The van der Waals surface area contributed by atoms with Gasteiger partial charge in [-0.2, -0.15) is 8.78 Å². The molecule has 1 aliphatic heterocycles. The van der Waals surface area contributed by atoms with Gasteiger partial charge in [0.05, 0.1) is 6.10 Å². The number of aromatic nitrogens is 2. The normalized spacial score (nSPS) is 23.8. The summed E-state index contributed by atoms with van der Waals surface area (Å²) in [6, 6.07) is 0. The zero-order chi connectivity index (χ0) is 25.1. The number of ether oxygens (including phenoxy) is 2. The number of aliphatic hydroxyl groups excluding tert-OH is 1. The van der Waals surface area contributed by atoms with E-state index in [1.807, 2.05) is 19.0 Å². The Hall–Kier alpha value is -1.92. The minimum Gasteiger partial charge on any atom is -0.388 e. The summed E-state index contributed by atoms with van der Waals surface area (Å²) >= 11 is 0. The van der Waals surface area contributed by atoms with E-state index in [-0.39, 0.29) is 5.56 Å². The summed E-state index contributed by atoms with van der Waals surface area (Å²) in [5.41, 5.74) is -5.06. The fourth-order valence-electron chi connectivity index (χ4n) is 3.17. The molecule has 33 heavy (non-hydrogen) atoms. The van der Waals surface area contributed by atoms with Crippen LogP contribution in [0.25, 0.3) is 0 Å². The SMILES string of the molecule is Cc1cn([C@@H]2O[C@H](CC(F)(F)P(C)(C)=O)[C@@H](O)[C@H]2OCC(=O)NCCN(C)C)c(=O)[nH]c1=O. The average molecular weight is 496 g/mol. The van der Waals surface area contributed by atoms with Crippen molar-refractivity contribution in [3.8, 4) is 0 Å². The molecule has 4 atom stereocenters. The number of nitrogens with zero attached hydrogens (tertiary/aromatic N) is 2. The summed E-state index contributed by atoms with van der Waals surface area (Å²) in [5.74, 6) is -0.520. The van der Waals surface area contributed by atoms with Crippen LogP contribution in [0.4, 0.5) is 8.78 Å². The third-order valence-corrected chi connectivity index (χ3v) is 7.01. The maximum absolute atomic E-state index is 14.4. The number of aromatic amines is 1. The van der Waals surface area contributed by atoms with Gasteiger partial charge in [0.25, 0.3) is 11.2 Å². The lowest BCUT2D eigenvalue weighted by Gasteiger charge is -2.25. The fourth-order valence-corrected chi connectivity index (χ4v) is 3.79. The number of hydrogen-bond acceptors (Lipinski definition) is 8. The van der Waals surface area contributed by atoms with E-state index in [2.05, 4.69) is 10.3 Å². The summed E-state index contributed by atoms with van der Waals surface area (Å²) < 4.78 is 52.8. The lowest BCUT2D eigenvalue weighted by molar-refractivity contribution is -0.133. The molecule has 1 aromatic rings. The highest BCUT2D eigenvalue weighted by atomic mass is 31.2. The van der Waals surface area contributed by atoms with Gasteiger partial charge in [-0.1, -0.05) is 0 Å². The van der Waals surface area contributed by atoms with E-state index in [4.69, 9.17) is 9.47 Å². The number of rotatable bonds is 10. The Morgan fingerprint density at radius 2 is 2.03 bits per heavy atom. The van der Waals surface area contributed by atoms with Gasteiger partial charge in [-0.3, -0.25) is 19.1 Å². The number of aliphatic hydroxyl groups is 1. The molecule has 11 nitrogen and oxygen atoms in total. The average Bonchev–Trinajstić information content (AvgIpc) is 2.96. The van der Waals surface area contributed by atoms with Gasteiger partial charge >= 0.3 is 5.69 Å². The number of carbonyl (C=O) groups excluding carboxylic acids is 1. The van der Waals surface area contributed by atoms with Crippen molar-refractivity contribution in [1.29, 1.82) is 0 Å². The van der Waals surface area contributed by atoms with E-state index >= 15 is 0 Å². The van der Waals surface area contributed by atoms with Crippen molar-refractivity contribution in [2.45, 2.75) is 43.5 Å². The molecular weight excluding hydrogens is 465 g/mol. The van der Waals surface area contributed by atoms with Crippen LogP contribution < -0.4 is 16.6 Å². The molecule has 2 heterocycles. The highest BCUT2D eigenvalue weighted by Crippen LogP contribution is 2.57. The molecule has 188 valence electrons. The van der Waals surface area contributed by atoms with Crippen LogP contribution in [0, 0.1) is 6.92 Å². The fraction of sp³-hybridized carbons (Fsp3) is 0.737.